The molecule has 5 rings (SSSR count). The molecule has 1 unspecified atom stereocenters. The van der Waals surface area contributed by atoms with E-state index in [2.05, 4.69) is 4.98 Å². The SMILES string of the molecule is COC(=O)c1c(C(O)c2ccccc2CO)ncn1C(c1ccccc1)(c1ccccc1)c1ccccc1. The van der Waals surface area contributed by atoms with E-state index in [9.17, 15) is 15.0 Å². The molecule has 6 heteroatoms. The van der Waals surface area contributed by atoms with Crippen LogP contribution in [0, 0.1) is 0 Å². The number of aliphatic hydroxyl groups is 2. The molecule has 2 N–H and O–H groups in total. The second kappa shape index (κ2) is 10.8. The van der Waals surface area contributed by atoms with Crippen molar-refractivity contribution in [3.63, 3.8) is 0 Å². The van der Waals surface area contributed by atoms with E-state index in [1.165, 1.54) is 7.11 Å². The van der Waals surface area contributed by atoms with Crippen molar-refractivity contribution in [1.29, 1.82) is 0 Å². The monoisotopic (exact) mass is 504 g/mol. The molecule has 0 amide bonds. The lowest BCUT2D eigenvalue weighted by atomic mass is 9.76. The van der Waals surface area contributed by atoms with E-state index >= 15 is 0 Å². The van der Waals surface area contributed by atoms with E-state index in [1.807, 2.05) is 91.0 Å². The van der Waals surface area contributed by atoms with E-state index in [0.29, 0.717) is 11.1 Å². The van der Waals surface area contributed by atoms with Gasteiger partial charge in [-0.3, -0.25) is 0 Å². The molecule has 0 aliphatic rings. The lowest BCUT2D eigenvalue weighted by molar-refractivity contribution is 0.0579. The number of hydrogen-bond acceptors (Lipinski definition) is 5. The number of benzene rings is 4. The van der Waals surface area contributed by atoms with Gasteiger partial charge in [0.2, 0.25) is 0 Å². The average Bonchev–Trinajstić information content (AvgIpc) is 3.44. The summed E-state index contributed by atoms with van der Waals surface area (Å²) in [5.41, 5.74) is 2.95. The van der Waals surface area contributed by atoms with Crippen molar-refractivity contribution in [3.05, 3.63) is 161 Å². The smallest absolute Gasteiger partial charge is 0.356 e. The normalized spacial score (nSPS) is 12.2. The molecule has 0 radical (unpaired) electrons. The number of aliphatic hydroxyl groups excluding tert-OH is 2. The van der Waals surface area contributed by atoms with Crippen LogP contribution in [0.15, 0.2) is 122 Å². The number of carbonyl (C=O) groups is 1. The molecule has 5 aromatic rings. The van der Waals surface area contributed by atoms with Crippen LogP contribution in [0.5, 0.6) is 0 Å². The maximum atomic E-state index is 13.5. The van der Waals surface area contributed by atoms with Crippen molar-refractivity contribution in [2.75, 3.05) is 7.11 Å². The minimum absolute atomic E-state index is 0.115. The number of esters is 1. The third-order valence-electron chi connectivity index (χ3n) is 6.89. The van der Waals surface area contributed by atoms with Gasteiger partial charge in [0.05, 0.1) is 20.0 Å². The number of nitrogens with zero attached hydrogens (tertiary/aromatic N) is 2. The van der Waals surface area contributed by atoms with Gasteiger partial charge in [0.25, 0.3) is 0 Å². The predicted octanol–water partition coefficient (Wildman–Crippen LogP) is 5.08. The largest absolute Gasteiger partial charge is 0.464 e. The third-order valence-corrected chi connectivity index (χ3v) is 6.89. The lowest BCUT2D eigenvalue weighted by Gasteiger charge is -2.38. The number of rotatable bonds is 8. The van der Waals surface area contributed by atoms with Crippen molar-refractivity contribution in [2.45, 2.75) is 18.2 Å². The van der Waals surface area contributed by atoms with E-state index < -0.39 is 17.6 Å². The zero-order chi connectivity index (χ0) is 26.5. The Morgan fingerprint density at radius 1 is 0.816 bits per heavy atom. The first-order chi connectivity index (χ1) is 18.6. The van der Waals surface area contributed by atoms with Gasteiger partial charge in [0, 0.05) is 0 Å². The molecule has 0 aliphatic heterocycles. The fourth-order valence-corrected chi connectivity index (χ4v) is 5.16. The van der Waals surface area contributed by atoms with Crippen molar-refractivity contribution in [2.24, 2.45) is 0 Å². The summed E-state index contributed by atoms with van der Waals surface area (Å²) >= 11 is 0. The lowest BCUT2D eigenvalue weighted by Crippen LogP contribution is -2.39. The van der Waals surface area contributed by atoms with E-state index in [1.54, 1.807) is 35.2 Å². The van der Waals surface area contributed by atoms with Gasteiger partial charge in [-0.1, -0.05) is 115 Å². The highest BCUT2D eigenvalue weighted by molar-refractivity contribution is 5.89. The van der Waals surface area contributed by atoms with Gasteiger partial charge < -0.3 is 19.5 Å². The number of imidazole rings is 1. The van der Waals surface area contributed by atoms with E-state index in [0.717, 1.165) is 16.7 Å². The Kier molecular flexibility index (Phi) is 7.18. The Morgan fingerprint density at radius 2 is 1.29 bits per heavy atom. The summed E-state index contributed by atoms with van der Waals surface area (Å²) in [6.45, 7) is -0.260. The van der Waals surface area contributed by atoms with Gasteiger partial charge in [-0.05, 0) is 27.8 Å². The Labute approximate surface area is 221 Å². The summed E-state index contributed by atoms with van der Waals surface area (Å²) in [6, 6.07) is 36.7. The molecule has 4 aromatic carbocycles. The van der Waals surface area contributed by atoms with Crippen molar-refractivity contribution >= 4 is 5.97 Å². The Morgan fingerprint density at radius 3 is 1.76 bits per heavy atom. The Balaban J connectivity index is 1.87. The number of hydrogen-bond donors (Lipinski definition) is 2. The van der Waals surface area contributed by atoms with E-state index in [-0.39, 0.29) is 18.0 Å². The molecule has 190 valence electrons. The summed E-state index contributed by atoms with van der Waals surface area (Å²) < 4.78 is 7.05. The van der Waals surface area contributed by atoms with Crippen LogP contribution in [-0.2, 0) is 16.9 Å². The van der Waals surface area contributed by atoms with Gasteiger partial charge in [0.1, 0.15) is 17.3 Å². The minimum atomic E-state index is -1.27. The molecular formula is C32H28N2O4. The molecule has 1 heterocycles. The molecule has 0 aliphatic carbocycles. The summed E-state index contributed by atoms with van der Waals surface area (Å²) in [7, 11) is 1.31. The highest BCUT2D eigenvalue weighted by atomic mass is 16.5. The van der Waals surface area contributed by atoms with Crippen LogP contribution in [0.4, 0.5) is 0 Å². The van der Waals surface area contributed by atoms with Gasteiger partial charge in [-0.15, -0.1) is 0 Å². The van der Waals surface area contributed by atoms with Crippen LogP contribution >= 0.6 is 0 Å². The number of aromatic nitrogens is 2. The molecule has 0 saturated heterocycles. The summed E-state index contributed by atoms with van der Waals surface area (Å²) in [4.78, 5) is 18.1. The second-order valence-corrected chi connectivity index (χ2v) is 8.91. The van der Waals surface area contributed by atoms with Gasteiger partial charge in [-0.25, -0.2) is 9.78 Å². The number of methoxy groups -OCH3 is 1. The molecule has 0 spiro atoms. The van der Waals surface area contributed by atoms with Gasteiger partial charge >= 0.3 is 5.97 Å². The molecule has 38 heavy (non-hydrogen) atoms. The molecule has 1 aromatic heterocycles. The fourth-order valence-electron chi connectivity index (χ4n) is 5.16. The molecule has 0 saturated carbocycles. The molecule has 6 nitrogen and oxygen atoms in total. The van der Waals surface area contributed by atoms with Crippen molar-refractivity contribution in [1.82, 2.24) is 9.55 Å². The maximum Gasteiger partial charge on any atom is 0.356 e. The minimum Gasteiger partial charge on any atom is -0.464 e. The number of ether oxygens (including phenoxy) is 1. The number of carbonyl (C=O) groups excluding carboxylic acids is 1. The third kappa shape index (κ3) is 4.20. The highest BCUT2D eigenvalue weighted by Crippen LogP contribution is 2.43. The first kappa shape index (κ1) is 25.1. The van der Waals surface area contributed by atoms with Crippen molar-refractivity contribution < 1.29 is 19.7 Å². The van der Waals surface area contributed by atoms with Gasteiger partial charge in [0.15, 0.2) is 5.69 Å². The summed E-state index contributed by atoms with van der Waals surface area (Å²) in [5.74, 6) is -0.634. The summed E-state index contributed by atoms with van der Waals surface area (Å²) in [5, 5.41) is 21.4. The first-order valence-electron chi connectivity index (χ1n) is 12.3. The van der Waals surface area contributed by atoms with Gasteiger partial charge in [-0.2, -0.15) is 0 Å². The Hall–Kier alpha value is -4.52. The summed E-state index contributed by atoms with van der Waals surface area (Å²) in [6.07, 6.45) is 0.313. The van der Waals surface area contributed by atoms with E-state index in [4.69, 9.17) is 4.74 Å². The Bertz CT molecular complexity index is 1420. The second-order valence-electron chi connectivity index (χ2n) is 8.91. The maximum absolute atomic E-state index is 13.5. The quantitative estimate of drug-likeness (QED) is 0.227. The van der Waals surface area contributed by atoms with Crippen LogP contribution in [0.2, 0.25) is 0 Å². The molecule has 0 bridgehead atoms. The fraction of sp³-hybridized carbons (Fsp3) is 0.125. The topological polar surface area (TPSA) is 84.6 Å². The predicted molar refractivity (Wildman–Crippen MR) is 145 cm³/mol. The first-order valence-corrected chi connectivity index (χ1v) is 12.3. The van der Waals surface area contributed by atoms with Crippen molar-refractivity contribution in [3.8, 4) is 0 Å². The zero-order valence-corrected chi connectivity index (χ0v) is 20.9. The molecular weight excluding hydrogens is 476 g/mol. The highest BCUT2D eigenvalue weighted by Gasteiger charge is 2.42. The molecule has 0 fully saturated rings. The molecule has 1 atom stereocenters. The van der Waals surface area contributed by atoms with Crippen LogP contribution in [0.25, 0.3) is 0 Å². The average molecular weight is 505 g/mol. The van der Waals surface area contributed by atoms with Crippen LogP contribution < -0.4 is 0 Å². The zero-order valence-electron chi connectivity index (χ0n) is 20.9. The van der Waals surface area contributed by atoms with Crippen LogP contribution in [-0.4, -0.2) is 32.8 Å². The standard InChI is InChI=1S/C32H28N2O4/c1-38-31(37)29-28(30(36)27-20-12-11-13-23(27)21-35)33-22-34(29)32(24-14-5-2-6-15-24,25-16-7-3-8-17-25)26-18-9-4-10-19-26/h2-20,22,30,35-36H,21H2,1H3. The van der Waals surface area contributed by atoms with Crippen LogP contribution in [0.3, 0.4) is 0 Å². The van der Waals surface area contributed by atoms with Crippen LogP contribution in [0.1, 0.15) is 50.1 Å².